The number of thiophene rings is 1. The Kier molecular flexibility index (Phi) is 6.15. The van der Waals surface area contributed by atoms with Gasteiger partial charge < -0.3 is 14.4 Å². The molecule has 0 unspecified atom stereocenters. The number of amides is 1. The Labute approximate surface area is 163 Å². The van der Waals surface area contributed by atoms with Gasteiger partial charge >= 0.3 is 0 Å². The van der Waals surface area contributed by atoms with Gasteiger partial charge in [0.25, 0.3) is 0 Å². The second-order valence-corrected chi connectivity index (χ2v) is 7.82. The molecule has 138 valence electrons. The quantitative estimate of drug-likeness (QED) is 0.580. The molecule has 0 spiro atoms. The normalized spacial score (nSPS) is 11.2. The second kappa shape index (κ2) is 8.54. The van der Waals surface area contributed by atoms with Crippen molar-refractivity contribution in [2.45, 2.75) is 39.2 Å². The summed E-state index contributed by atoms with van der Waals surface area (Å²) in [6.07, 6.45) is 3.06. The fraction of sp³-hybridized carbons (Fsp3) is 0.438. The molecule has 0 fully saturated rings. The van der Waals surface area contributed by atoms with E-state index in [1.807, 2.05) is 16.0 Å². The predicted octanol–water partition coefficient (Wildman–Crippen LogP) is 3.02. The van der Waals surface area contributed by atoms with Gasteiger partial charge in [-0.1, -0.05) is 5.16 Å². The zero-order valence-electron chi connectivity index (χ0n) is 14.5. The summed E-state index contributed by atoms with van der Waals surface area (Å²) in [5, 5.41) is 16.8. The van der Waals surface area contributed by atoms with Crippen molar-refractivity contribution in [1.82, 2.24) is 30.2 Å². The van der Waals surface area contributed by atoms with Crippen molar-refractivity contribution in [1.29, 1.82) is 0 Å². The third-order valence-electron chi connectivity index (χ3n) is 3.70. The van der Waals surface area contributed by atoms with Gasteiger partial charge in [-0.25, -0.2) is 0 Å². The standard InChI is InChI=1S/C16H19BrN6O2S/c1-10(2)23-9-19-21-13(23)5-6-18-14(24)3-4-15-20-16(22-25-15)12-7-11(17)8-26-12/h7-10H,3-6H2,1-2H3,(H,18,24). The van der Waals surface area contributed by atoms with E-state index in [-0.39, 0.29) is 5.91 Å². The third kappa shape index (κ3) is 4.76. The fourth-order valence-corrected chi connectivity index (χ4v) is 3.74. The molecule has 3 heterocycles. The van der Waals surface area contributed by atoms with Crippen LogP contribution in [0.5, 0.6) is 0 Å². The first-order valence-electron chi connectivity index (χ1n) is 8.25. The minimum atomic E-state index is -0.0563. The lowest BCUT2D eigenvalue weighted by molar-refractivity contribution is -0.121. The van der Waals surface area contributed by atoms with Crippen LogP contribution in [0.3, 0.4) is 0 Å². The van der Waals surface area contributed by atoms with Crippen LogP contribution in [0.25, 0.3) is 10.7 Å². The first-order chi connectivity index (χ1) is 12.5. The number of rotatable bonds is 8. The van der Waals surface area contributed by atoms with Crippen molar-refractivity contribution < 1.29 is 9.32 Å². The van der Waals surface area contributed by atoms with E-state index >= 15 is 0 Å². The summed E-state index contributed by atoms with van der Waals surface area (Å²) in [5.41, 5.74) is 0. The van der Waals surface area contributed by atoms with Crippen LogP contribution in [0.15, 0.2) is 26.8 Å². The van der Waals surface area contributed by atoms with E-state index in [0.29, 0.717) is 43.6 Å². The van der Waals surface area contributed by atoms with Crippen LogP contribution >= 0.6 is 27.3 Å². The number of aromatic nitrogens is 5. The third-order valence-corrected chi connectivity index (χ3v) is 5.38. The van der Waals surface area contributed by atoms with Crippen molar-refractivity contribution in [3.05, 3.63) is 34.0 Å². The Morgan fingerprint density at radius 1 is 1.42 bits per heavy atom. The molecule has 0 radical (unpaired) electrons. The summed E-state index contributed by atoms with van der Waals surface area (Å²) in [5.74, 6) is 1.81. The van der Waals surface area contributed by atoms with Crippen LogP contribution in [0.1, 0.15) is 38.0 Å². The van der Waals surface area contributed by atoms with E-state index in [4.69, 9.17) is 4.52 Å². The minimum absolute atomic E-state index is 0.0563. The maximum atomic E-state index is 12.0. The summed E-state index contributed by atoms with van der Waals surface area (Å²) in [4.78, 5) is 17.2. The Hall–Kier alpha value is -2.07. The van der Waals surface area contributed by atoms with Crippen molar-refractivity contribution in [3.63, 3.8) is 0 Å². The molecule has 0 aliphatic rings. The molecule has 0 aliphatic carbocycles. The molecule has 1 amide bonds. The molecule has 0 aromatic carbocycles. The van der Waals surface area contributed by atoms with Gasteiger partial charge in [-0.15, -0.1) is 21.5 Å². The lowest BCUT2D eigenvalue weighted by atomic mass is 10.3. The molecular weight excluding hydrogens is 420 g/mol. The Bertz CT molecular complexity index is 872. The van der Waals surface area contributed by atoms with Crippen molar-refractivity contribution >= 4 is 33.2 Å². The smallest absolute Gasteiger partial charge is 0.227 e. The molecule has 10 heteroatoms. The number of nitrogens with zero attached hydrogens (tertiary/aromatic N) is 5. The highest BCUT2D eigenvalue weighted by molar-refractivity contribution is 9.10. The SMILES string of the molecule is CC(C)n1cnnc1CCNC(=O)CCc1nc(-c2cc(Br)cs2)no1. The van der Waals surface area contributed by atoms with Crippen molar-refractivity contribution in [3.8, 4) is 10.7 Å². The van der Waals surface area contributed by atoms with Crippen LogP contribution in [0.2, 0.25) is 0 Å². The van der Waals surface area contributed by atoms with Crippen LogP contribution in [-0.2, 0) is 17.6 Å². The molecule has 0 aliphatic heterocycles. The first-order valence-corrected chi connectivity index (χ1v) is 9.92. The number of hydrogen-bond donors (Lipinski definition) is 1. The number of carbonyl (C=O) groups is 1. The Balaban J connectivity index is 1.43. The summed E-state index contributed by atoms with van der Waals surface area (Å²) < 4.78 is 8.19. The van der Waals surface area contributed by atoms with Gasteiger partial charge in [0.1, 0.15) is 12.2 Å². The zero-order chi connectivity index (χ0) is 18.5. The second-order valence-electron chi connectivity index (χ2n) is 5.99. The highest BCUT2D eigenvalue weighted by Crippen LogP contribution is 2.27. The van der Waals surface area contributed by atoms with Crippen LogP contribution in [0, 0.1) is 0 Å². The van der Waals surface area contributed by atoms with Gasteiger partial charge in [0.2, 0.25) is 17.6 Å². The molecule has 3 aromatic rings. The van der Waals surface area contributed by atoms with Gasteiger partial charge in [-0.3, -0.25) is 4.79 Å². The van der Waals surface area contributed by atoms with E-state index in [1.54, 1.807) is 6.33 Å². The zero-order valence-corrected chi connectivity index (χ0v) is 16.9. The van der Waals surface area contributed by atoms with Gasteiger partial charge in [0, 0.05) is 41.7 Å². The molecule has 8 nitrogen and oxygen atoms in total. The number of hydrogen-bond acceptors (Lipinski definition) is 7. The topological polar surface area (TPSA) is 98.7 Å². The lowest BCUT2D eigenvalue weighted by Crippen LogP contribution is -2.26. The first kappa shape index (κ1) is 18.7. The number of carbonyl (C=O) groups excluding carboxylic acids is 1. The number of nitrogens with one attached hydrogen (secondary N) is 1. The molecule has 26 heavy (non-hydrogen) atoms. The largest absolute Gasteiger partial charge is 0.356 e. The molecule has 0 atom stereocenters. The molecule has 0 bridgehead atoms. The molecule has 3 aromatic heterocycles. The summed E-state index contributed by atoms with van der Waals surface area (Å²) in [6, 6.07) is 2.23. The highest BCUT2D eigenvalue weighted by atomic mass is 79.9. The van der Waals surface area contributed by atoms with Crippen LogP contribution < -0.4 is 5.32 Å². The molecule has 3 rings (SSSR count). The minimum Gasteiger partial charge on any atom is -0.356 e. The van der Waals surface area contributed by atoms with Crippen molar-refractivity contribution in [2.24, 2.45) is 0 Å². The Morgan fingerprint density at radius 3 is 3.00 bits per heavy atom. The van der Waals surface area contributed by atoms with E-state index in [9.17, 15) is 4.79 Å². The summed E-state index contributed by atoms with van der Waals surface area (Å²) in [6.45, 7) is 4.65. The molecule has 0 saturated carbocycles. The monoisotopic (exact) mass is 438 g/mol. The van der Waals surface area contributed by atoms with Crippen molar-refractivity contribution in [2.75, 3.05) is 6.54 Å². The summed E-state index contributed by atoms with van der Waals surface area (Å²) >= 11 is 4.93. The summed E-state index contributed by atoms with van der Waals surface area (Å²) in [7, 11) is 0. The van der Waals surface area contributed by atoms with E-state index in [1.165, 1.54) is 11.3 Å². The fourth-order valence-electron chi connectivity index (χ4n) is 2.39. The predicted molar refractivity (Wildman–Crippen MR) is 101 cm³/mol. The average molecular weight is 439 g/mol. The highest BCUT2D eigenvalue weighted by Gasteiger charge is 2.13. The molecular formula is C16H19BrN6O2S. The average Bonchev–Trinajstić information content (AvgIpc) is 3.33. The number of halogens is 1. The van der Waals surface area contributed by atoms with E-state index < -0.39 is 0 Å². The Morgan fingerprint density at radius 2 is 2.27 bits per heavy atom. The van der Waals surface area contributed by atoms with E-state index in [0.717, 1.165) is 15.2 Å². The van der Waals surface area contributed by atoms with Crippen LogP contribution in [0.4, 0.5) is 0 Å². The lowest BCUT2D eigenvalue weighted by Gasteiger charge is -2.10. The maximum absolute atomic E-state index is 12.0. The van der Waals surface area contributed by atoms with Gasteiger partial charge in [0.05, 0.1) is 4.88 Å². The van der Waals surface area contributed by atoms with Gasteiger partial charge in [0.15, 0.2) is 0 Å². The van der Waals surface area contributed by atoms with Gasteiger partial charge in [-0.05, 0) is 35.8 Å². The maximum Gasteiger partial charge on any atom is 0.227 e. The molecule has 1 N–H and O–H groups in total. The van der Waals surface area contributed by atoms with Gasteiger partial charge in [-0.2, -0.15) is 4.98 Å². The van der Waals surface area contributed by atoms with Crippen LogP contribution in [-0.4, -0.2) is 37.4 Å². The number of aryl methyl sites for hydroxylation is 1. The molecule has 0 saturated heterocycles. The van der Waals surface area contributed by atoms with E-state index in [2.05, 4.69) is 55.4 Å².